The molecule has 5 heteroatoms. The van der Waals surface area contributed by atoms with Gasteiger partial charge in [0.25, 0.3) is 0 Å². The first-order valence-corrected chi connectivity index (χ1v) is 14.2. The van der Waals surface area contributed by atoms with Crippen LogP contribution in [-0.4, -0.2) is 60.4 Å². The highest BCUT2D eigenvalue weighted by Crippen LogP contribution is 2.49. The van der Waals surface area contributed by atoms with Gasteiger partial charge in [-0.2, -0.15) is 0 Å². The molecule has 1 aromatic carbocycles. The molecule has 0 radical (unpaired) electrons. The minimum Gasteiger partial charge on any atom is -0.401 e. The van der Waals surface area contributed by atoms with Gasteiger partial charge in [0.2, 0.25) is 0 Å². The van der Waals surface area contributed by atoms with E-state index in [0.717, 1.165) is 55.4 Å². The number of carbonyl (C=O) groups excluding carboxylic acids is 1. The molecule has 3 heterocycles. The highest BCUT2D eigenvalue weighted by Gasteiger charge is 2.44. The molecular weight excluding hydrogens is 444 g/mol. The summed E-state index contributed by atoms with van der Waals surface area (Å²) in [6.45, 7) is 12.6. The molecule has 5 nitrogen and oxygen atoms in total. The van der Waals surface area contributed by atoms with E-state index in [1.54, 1.807) is 0 Å². The Morgan fingerprint density at radius 2 is 1.69 bits per heavy atom. The van der Waals surface area contributed by atoms with E-state index >= 15 is 0 Å². The van der Waals surface area contributed by atoms with E-state index in [2.05, 4.69) is 66.2 Å². The van der Waals surface area contributed by atoms with Crippen molar-refractivity contribution >= 4 is 11.4 Å². The fraction of sp³-hybridized carbons (Fsp3) is 0.581. The van der Waals surface area contributed by atoms with Gasteiger partial charge in [-0.05, 0) is 68.3 Å². The van der Waals surface area contributed by atoms with E-state index in [0.29, 0.717) is 17.7 Å². The van der Waals surface area contributed by atoms with Gasteiger partial charge in [-0.1, -0.05) is 56.7 Å². The van der Waals surface area contributed by atoms with Crippen molar-refractivity contribution < 1.29 is 4.79 Å². The van der Waals surface area contributed by atoms with Crippen LogP contribution in [-0.2, 0) is 4.79 Å². The van der Waals surface area contributed by atoms with Crippen LogP contribution >= 0.6 is 0 Å². The maximum absolute atomic E-state index is 14.0. The van der Waals surface area contributed by atoms with Gasteiger partial charge in [0.05, 0.1) is 0 Å². The van der Waals surface area contributed by atoms with Gasteiger partial charge in [0.15, 0.2) is 5.78 Å². The monoisotopic (exact) mass is 486 g/mol. The Kier molecular flexibility index (Phi) is 6.22. The smallest absolute Gasteiger partial charge is 0.195 e. The summed E-state index contributed by atoms with van der Waals surface area (Å²) in [5.74, 6) is 0.108. The van der Waals surface area contributed by atoms with Crippen molar-refractivity contribution in [2.75, 3.05) is 32.7 Å². The van der Waals surface area contributed by atoms with Crippen molar-refractivity contribution in [2.45, 2.75) is 77.4 Å². The van der Waals surface area contributed by atoms with E-state index in [4.69, 9.17) is 5.73 Å². The van der Waals surface area contributed by atoms with Gasteiger partial charge < -0.3 is 16.0 Å². The zero-order chi connectivity index (χ0) is 25.0. The van der Waals surface area contributed by atoms with Crippen LogP contribution < -0.4 is 11.1 Å². The van der Waals surface area contributed by atoms with Gasteiger partial charge in [0, 0.05) is 60.0 Å². The Morgan fingerprint density at radius 1 is 1.03 bits per heavy atom. The number of piperidine rings is 1. The standard InChI is InChI=1S/C31H42N4O/c1-4-20-17-24-25(18-27(20)35-15-11-23(12-16-35)34-13-5-6-14-34)31(2,3)30(32)28(29(24)36)22-9-7-21(8-10-22)26-19-33-26/h7-10,17,23,26-27,33H,4-6,11-16,18-19,32H2,1-3H3. The maximum Gasteiger partial charge on any atom is 0.195 e. The van der Waals surface area contributed by atoms with E-state index in [-0.39, 0.29) is 11.2 Å². The molecule has 2 atom stereocenters. The third kappa shape index (κ3) is 4.09. The van der Waals surface area contributed by atoms with Crippen LogP contribution in [0.15, 0.2) is 52.8 Å². The number of allylic oxidation sites excluding steroid dienone is 4. The maximum atomic E-state index is 14.0. The summed E-state index contributed by atoms with van der Waals surface area (Å²) in [6.07, 6.45) is 9.41. The molecule has 2 aliphatic carbocycles. The van der Waals surface area contributed by atoms with Crippen LogP contribution in [0.1, 0.15) is 76.5 Å². The number of hydrogen-bond donors (Lipinski definition) is 2. The van der Waals surface area contributed by atoms with Crippen molar-refractivity contribution in [3.05, 3.63) is 63.9 Å². The quantitative estimate of drug-likeness (QED) is 0.597. The molecule has 0 bridgehead atoms. The summed E-state index contributed by atoms with van der Waals surface area (Å²) in [5, 5.41) is 3.35. The predicted molar refractivity (Wildman–Crippen MR) is 146 cm³/mol. The van der Waals surface area contributed by atoms with E-state index < -0.39 is 0 Å². The van der Waals surface area contributed by atoms with Crippen molar-refractivity contribution in [1.82, 2.24) is 15.1 Å². The molecule has 36 heavy (non-hydrogen) atoms. The van der Waals surface area contributed by atoms with Gasteiger partial charge >= 0.3 is 0 Å². The summed E-state index contributed by atoms with van der Waals surface area (Å²) in [5.41, 5.74) is 13.7. The lowest BCUT2D eigenvalue weighted by molar-refractivity contribution is -0.110. The number of benzene rings is 1. The normalized spacial score (nSPS) is 29.5. The molecule has 0 saturated carbocycles. The van der Waals surface area contributed by atoms with Crippen molar-refractivity contribution in [3.8, 4) is 0 Å². The lowest BCUT2D eigenvalue weighted by Gasteiger charge is -2.46. The first-order valence-electron chi connectivity index (χ1n) is 14.2. The highest BCUT2D eigenvalue weighted by molar-refractivity contribution is 6.32. The van der Waals surface area contributed by atoms with Gasteiger partial charge in [-0.3, -0.25) is 9.69 Å². The zero-order valence-corrected chi connectivity index (χ0v) is 22.3. The highest BCUT2D eigenvalue weighted by atomic mass is 16.1. The molecule has 3 aliphatic heterocycles. The summed E-state index contributed by atoms with van der Waals surface area (Å²) in [6, 6.07) is 10.0. The number of hydrogen-bond acceptors (Lipinski definition) is 5. The molecule has 192 valence electrons. The first kappa shape index (κ1) is 24.1. The molecule has 0 spiro atoms. The van der Waals surface area contributed by atoms with Crippen molar-refractivity contribution in [3.63, 3.8) is 0 Å². The Bertz CT molecular complexity index is 1120. The Balaban J connectivity index is 1.25. The van der Waals surface area contributed by atoms with Crippen LogP contribution in [0.25, 0.3) is 5.57 Å². The van der Waals surface area contributed by atoms with Crippen LogP contribution in [0.3, 0.4) is 0 Å². The number of Topliss-reactive ketones (excluding diaryl/α,β-unsaturated/α-hetero) is 1. The first-order chi connectivity index (χ1) is 17.4. The molecule has 0 amide bonds. The third-order valence-corrected chi connectivity index (χ3v) is 9.66. The number of nitrogens with one attached hydrogen (secondary N) is 1. The van der Waals surface area contributed by atoms with Gasteiger partial charge in [-0.25, -0.2) is 0 Å². The number of rotatable bonds is 5. The van der Waals surface area contributed by atoms with E-state index in [1.165, 1.54) is 55.5 Å². The topological polar surface area (TPSA) is 71.5 Å². The molecule has 3 fully saturated rings. The zero-order valence-electron chi connectivity index (χ0n) is 22.3. The Hall–Kier alpha value is -2.21. The second-order valence-electron chi connectivity index (χ2n) is 12.0. The second-order valence-corrected chi connectivity index (χ2v) is 12.0. The lowest BCUT2D eigenvalue weighted by atomic mass is 9.65. The number of carbonyl (C=O) groups is 1. The number of nitrogens with two attached hydrogens (primary N) is 1. The summed E-state index contributed by atoms with van der Waals surface area (Å²) >= 11 is 0. The summed E-state index contributed by atoms with van der Waals surface area (Å²) < 4.78 is 0. The largest absolute Gasteiger partial charge is 0.401 e. The molecule has 0 aromatic heterocycles. The second kappa shape index (κ2) is 9.27. The molecule has 5 aliphatic rings. The molecule has 6 rings (SSSR count). The fourth-order valence-electron chi connectivity index (χ4n) is 7.16. The summed E-state index contributed by atoms with van der Waals surface area (Å²) in [4.78, 5) is 19.4. The molecular formula is C31H42N4O. The van der Waals surface area contributed by atoms with Crippen LogP contribution in [0.4, 0.5) is 0 Å². The Morgan fingerprint density at radius 3 is 2.31 bits per heavy atom. The van der Waals surface area contributed by atoms with Crippen LogP contribution in [0, 0.1) is 5.41 Å². The lowest BCUT2D eigenvalue weighted by Crippen LogP contribution is -2.49. The Labute approximate surface area is 216 Å². The fourth-order valence-corrected chi connectivity index (χ4v) is 7.16. The van der Waals surface area contributed by atoms with Crippen LogP contribution in [0.5, 0.6) is 0 Å². The SMILES string of the molecule is CCC1=CC2=C(CC1N1CCC(N3CCCC3)CC1)C(C)(C)C(N)=C(c1ccc(C3CN3)cc1)C2=O. The number of nitrogens with zero attached hydrogens (tertiary/aromatic N) is 2. The average molecular weight is 487 g/mol. The predicted octanol–water partition coefficient (Wildman–Crippen LogP) is 4.58. The minimum atomic E-state index is -0.336. The molecule has 2 unspecified atom stereocenters. The van der Waals surface area contributed by atoms with Crippen molar-refractivity contribution in [2.24, 2.45) is 11.1 Å². The molecule has 3 N–H and O–H groups in total. The number of ketones is 1. The average Bonchev–Trinajstić information content (AvgIpc) is 3.61. The van der Waals surface area contributed by atoms with Crippen molar-refractivity contribution in [1.29, 1.82) is 0 Å². The van der Waals surface area contributed by atoms with E-state index in [9.17, 15) is 4.79 Å². The van der Waals surface area contributed by atoms with Gasteiger partial charge in [0.1, 0.15) is 0 Å². The number of likely N-dealkylation sites (tertiary alicyclic amines) is 2. The molecule has 1 aromatic rings. The minimum absolute atomic E-state index is 0.108. The summed E-state index contributed by atoms with van der Waals surface area (Å²) in [7, 11) is 0. The third-order valence-electron chi connectivity index (χ3n) is 9.66. The van der Waals surface area contributed by atoms with Gasteiger partial charge in [-0.15, -0.1) is 0 Å². The van der Waals surface area contributed by atoms with E-state index in [1.807, 2.05) is 0 Å². The van der Waals surface area contributed by atoms with Crippen LogP contribution in [0.2, 0.25) is 0 Å². The molecule has 3 saturated heterocycles.